The second-order valence-electron chi connectivity index (χ2n) is 2.86. The van der Waals surface area contributed by atoms with E-state index in [4.69, 9.17) is 5.73 Å². The molecule has 0 radical (unpaired) electrons. The molecule has 1 amide bonds. The summed E-state index contributed by atoms with van der Waals surface area (Å²) in [4.78, 5) is 14.5. The lowest BCUT2D eigenvalue weighted by molar-refractivity contribution is -0.118. The summed E-state index contributed by atoms with van der Waals surface area (Å²) in [5, 5.41) is 3.09. The van der Waals surface area contributed by atoms with Gasteiger partial charge >= 0.3 is 0 Å². The number of nitrogens with one attached hydrogen (secondary N) is 1. The van der Waals surface area contributed by atoms with Crippen LogP contribution in [0.5, 0.6) is 0 Å². The first kappa shape index (κ1) is 9.57. The summed E-state index contributed by atoms with van der Waals surface area (Å²) in [6, 6.07) is 0. The molecule has 0 aliphatic heterocycles. The van der Waals surface area contributed by atoms with Crippen molar-refractivity contribution in [1.29, 1.82) is 0 Å². The van der Waals surface area contributed by atoms with E-state index in [0.29, 0.717) is 13.0 Å². The molecule has 0 spiro atoms. The van der Waals surface area contributed by atoms with Crippen LogP contribution in [0.1, 0.15) is 12.8 Å². The molecule has 1 rings (SSSR count). The van der Waals surface area contributed by atoms with Crippen LogP contribution in [0, 0.1) is 0 Å². The molecular weight excluding hydrogens is 168 g/mol. The average molecular weight is 182 g/mol. The molecule has 0 aliphatic rings. The average Bonchev–Trinajstić information content (AvgIpc) is 2.45. The Balaban J connectivity index is 2.20. The molecule has 5 nitrogen and oxygen atoms in total. The Kier molecular flexibility index (Phi) is 3.31. The quantitative estimate of drug-likeness (QED) is 0.634. The van der Waals surface area contributed by atoms with E-state index in [1.807, 2.05) is 17.8 Å². The monoisotopic (exact) mass is 182 g/mol. The minimum absolute atomic E-state index is 0.262. The zero-order valence-electron chi connectivity index (χ0n) is 7.66. The maximum atomic E-state index is 10.4. The summed E-state index contributed by atoms with van der Waals surface area (Å²) in [5.41, 5.74) is 4.99. The van der Waals surface area contributed by atoms with Crippen molar-refractivity contribution >= 4 is 11.9 Å². The number of nitrogens with zero attached hydrogens (tertiary/aromatic N) is 2. The number of aryl methyl sites for hydroxylation is 1. The number of hydrogen-bond donors (Lipinski definition) is 2. The van der Waals surface area contributed by atoms with Crippen molar-refractivity contribution in [1.82, 2.24) is 9.55 Å². The topological polar surface area (TPSA) is 72.9 Å². The Bertz CT molecular complexity index is 281. The minimum atomic E-state index is -0.262. The number of aromatic nitrogens is 2. The van der Waals surface area contributed by atoms with Gasteiger partial charge in [-0.15, -0.1) is 0 Å². The summed E-state index contributed by atoms with van der Waals surface area (Å²) < 4.78 is 1.88. The summed E-state index contributed by atoms with van der Waals surface area (Å²) in [7, 11) is 1.91. The van der Waals surface area contributed by atoms with E-state index in [0.717, 1.165) is 12.4 Å². The second kappa shape index (κ2) is 4.49. The van der Waals surface area contributed by atoms with E-state index in [1.165, 1.54) is 0 Å². The Morgan fingerprint density at radius 2 is 2.54 bits per heavy atom. The van der Waals surface area contributed by atoms with Crippen molar-refractivity contribution in [2.45, 2.75) is 12.8 Å². The molecule has 0 bridgehead atoms. The molecule has 0 aromatic carbocycles. The van der Waals surface area contributed by atoms with Gasteiger partial charge in [0.2, 0.25) is 11.9 Å². The smallest absolute Gasteiger partial charge is 0.217 e. The molecule has 0 atom stereocenters. The fourth-order valence-electron chi connectivity index (χ4n) is 0.999. The van der Waals surface area contributed by atoms with E-state index in [1.54, 1.807) is 6.20 Å². The van der Waals surface area contributed by atoms with Crippen molar-refractivity contribution in [3.8, 4) is 0 Å². The summed E-state index contributed by atoms with van der Waals surface area (Å²) >= 11 is 0. The van der Waals surface area contributed by atoms with Crippen molar-refractivity contribution in [2.24, 2.45) is 12.8 Å². The van der Waals surface area contributed by atoms with Gasteiger partial charge in [-0.3, -0.25) is 4.79 Å². The van der Waals surface area contributed by atoms with Crippen molar-refractivity contribution in [3.63, 3.8) is 0 Å². The van der Waals surface area contributed by atoms with E-state index in [9.17, 15) is 4.79 Å². The first-order valence-corrected chi connectivity index (χ1v) is 4.19. The highest BCUT2D eigenvalue weighted by molar-refractivity contribution is 5.73. The van der Waals surface area contributed by atoms with E-state index in [-0.39, 0.29) is 5.91 Å². The van der Waals surface area contributed by atoms with Gasteiger partial charge in [0.05, 0.1) is 0 Å². The van der Waals surface area contributed by atoms with E-state index < -0.39 is 0 Å². The maximum absolute atomic E-state index is 10.4. The van der Waals surface area contributed by atoms with Gasteiger partial charge in [-0.25, -0.2) is 4.98 Å². The zero-order valence-corrected chi connectivity index (χ0v) is 7.66. The highest BCUT2D eigenvalue weighted by atomic mass is 16.1. The second-order valence-corrected chi connectivity index (χ2v) is 2.86. The van der Waals surface area contributed by atoms with Crippen molar-refractivity contribution < 1.29 is 4.79 Å². The van der Waals surface area contributed by atoms with E-state index in [2.05, 4.69) is 10.3 Å². The third-order valence-corrected chi connectivity index (χ3v) is 1.70. The fraction of sp³-hybridized carbons (Fsp3) is 0.500. The first-order chi connectivity index (χ1) is 6.20. The fourth-order valence-corrected chi connectivity index (χ4v) is 0.999. The molecule has 0 unspecified atom stereocenters. The molecule has 5 heteroatoms. The lowest BCUT2D eigenvalue weighted by atomic mass is 10.3. The molecule has 0 saturated carbocycles. The molecule has 1 aromatic rings. The third kappa shape index (κ3) is 3.14. The van der Waals surface area contributed by atoms with Gasteiger partial charge in [0.25, 0.3) is 0 Å². The van der Waals surface area contributed by atoms with Crippen LogP contribution in [-0.4, -0.2) is 22.0 Å². The predicted octanol–water partition coefficient (Wildman–Crippen LogP) is 0.0975. The number of nitrogens with two attached hydrogens (primary N) is 1. The van der Waals surface area contributed by atoms with Crippen LogP contribution < -0.4 is 11.1 Å². The van der Waals surface area contributed by atoms with Crippen molar-refractivity contribution in [2.75, 3.05) is 11.9 Å². The third-order valence-electron chi connectivity index (χ3n) is 1.70. The molecular formula is C8H14N4O. The summed E-state index contributed by atoms with van der Waals surface area (Å²) in [6.07, 6.45) is 4.73. The first-order valence-electron chi connectivity index (χ1n) is 4.19. The number of anilines is 1. The van der Waals surface area contributed by atoms with Crippen LogP contribution in [0.2, 0.25) is 0 Å². The van der Waals surface area contributed by atoms with Crippen LogP contribution in [0.25, 0.3) is 0 Å². The zero-order chi connectivity index (χ0) is 9.68. The highest BCUT2D eigenvalue weighted by Crippen LogP contribution is 2.00. The number of hydrogen-bond acceptors (Lipinski definition) is 3. The Morgan fingerprint density at radius 1 is 1.77 bits per heavy atom. The Labute approximate surface area is 76.9 Å². The van der Waals surface area contributed by atoms with E-state index >= 15 is 0 Å². The number of rotatable bonds is 5. The Morgan fingerprint density at radius 3 is 3.08 bits per heavy atom. The molecule has 72 valence electrons. The molecule has 0 fully saturated rings. The van der Waals surface area contributed by atoms with Gasteiger partial charge in [-0.1, -0.05) is 0 Å². The summed E-state index contributed by atoms with van der Waals surface area (Å²) in [6.45, 7) is 0.716. The molecule has 1 aromatic heterocycles. The van der Waals surface area contributed by atoms with Gasteiger partial charge in [0, 0.05) is 32.4 Å². The molecule has 13 heavy (non-hydrogen) atoms. The van der Waals surface area contributed by atoms with Gasteiger partial charge in [0.1, 0.15) is 0 Å². The van der Waals surface area contributed by atoms with Gasteiger partial charge in [0.15, 0.2) is 0 Å². The number of amides is 1. The number of primary amides is 1. The van der Waals surface area contributed by atoms with Gasteiger partial charge in [-0.05, 0) is 6.42 Å². The molecule has 0 saturated heterocycles. The highest BCUT2D eigenvalue weighted by Gasteiger charge is 1.97. The van der Waals surface area contributed by atoms with Gasteiger partial charge in [-0.2, -0.15) is 0 Å². The van der Waals surface area contributed by atoms with Crippen molar-refractivity contribution in [3.05, 3.63) is 12.4 Å². The van der Waals surface area contributed by atoms with Crippen LogP contribution in [0.3, 0.4) is 0 Å². The molecule has 3 N–H and O–H groups in total. The number of imidazole rings is 1. The lowest BCUT2D eigenvalue weighted by Crippen LogP contribution is -2.13. The molecule has 0 aliphatic carbocycles. The summed E-state index contributed by atoms with van der Waals surface area (Å²) in [5.74, 6) is 0.547. The van der Waals surface area contributed by atoms with Crippen LogP contribution in [-0.2, 0) is 11.8 Å². The maximum Gasteiger partial charge on any atom is 0.217 e. The standard InChI is InChI=1S/C8H14N4O/c1-12-6-5-11-8(12)10-4-2-3-7(9)13/h5-6H,2-4H2,1H3,(H2,9,13)(H,10,11). The predicted molar refractivity (Wildman–Crippen MR) is 50.1 cm³/mol. The number of carbonyl (C=O) groups is 1. The normalized spacial score (nSPS) is 9.92. The Hall–Kier alpha value is -1.52. The largest absolute Gasteiger partial charge is 0.370 e. The van der Waals surface area contributed by atoms with Crippen LogP contribution >= 0.6 is 0 Å². The van der Waals surface area contributed by atoms with Gasteiger partial charge < -0.3 is 15.6 Å². The molecule has 1 heterocycles. The van der Waals surface area contributed by atoms with Crippen LogP contribution in [0.15, 0.2) is 12.4 Å². The van der Waals surface area contributed by atoms with Crippen LogP contribution in [0.4, 0.5) is 5.95 Å². The lowest BCUT2D eigenvalue weighted by Gasteiger charge is -2.03. The minimum Gasteiger partial charge on any atom is -0.370 e. The SMILES string of the molecule is Cn1ccnc1NCCCC(N)=O. The number of carbonyl (C=O) groups excluding carboxylic acids is 1.